The van der Waals surface area contributed by atoms with Gasteiger partial charge in [-0.15, -0.1) is 0 Å². The van der Waals surface area contributed by atoms with Crippen molar-refractivity contribution in [3.63, 3.8) is 0 Å². The number of nitrogens with zero attached hydrogens (tertiary/aromatic N) is 1. The van der Waals surface area contributed by atoms with Crippen molar-refractivity contribution in [2.45, 2.75) is 12.7 Å². The van der Waals surface area contributed by atoms with Crippen LogP contribution in [-0.4, -0.2) is 27.6 Å². The van der Waals surface area contributed by atoms with Crippen molar-refractivity contribution >= 4 is 0 Å². The van der Waals surface area contributed by atoms with E-state index in [2.05, 4.69) is 6.07 Å². The molecule has 0 heterocycles. The second-order valence-electron chi connectivity index (χ2n) is 3.63. The maximum atomic E-state index is 9.09. The number of nitriles is 1. The molecule has 1 atom stereocenters. The molecule has 0 aliphatic rings. The summed E-state index contributed by atoms with van der Waals surface area (Å²) < 4.78 is 15.3. The van der Waals surface area contributed by atoms with E-state index in [1.807, 2.05) is 24.3 Å². The summed E-state index contributed by atoms with van der Waals surface area (Å²) in [5, 5.41) is 9.09. The molecular formula is C13H17NO3. The molecule has 1 aromatic carbocycles. The number of rotatable bonds is 6. The van der Waals surface area contributed by atoms with Crippen molar-refractivity contribution in [2.75, 3.05) is 21.3 Å². The Morgan fingerprint density at radius 2 is 1.71 bits per heavy atom. The highest BCUT2D eigenvalue weighted by atomic mass is 16.7. The van der Waals surface area contributed by atoms with Gasteiger partial charge in [0.25, 0.3) is 0 Å². The maximum Gasteiger partial charge on any atom is 0.172 e. The summed E-state index contributed by atoms with van der Waals surface area (Å²) in [4.78, 5) is 0. The lowest BCUT2D eigenvalue weighted by Crippen LogP contribution is -2.25. The minimum absolute atomic E-state index is 0.321. The van der Waals surface area contributed by atoms with E-state index < -0.39 is 6.29 Å². The molecule has 4 heteroatoms. The molecule has 0 N–H and O–H groups in total. The summed E-state index contributed by atoms with van der Waals surface area (Å²) >= 11 is 0. The van der Waals surface area contributed by atoms with Crippen molar-refractivity contribution < 1.29 is 14.2 Å². The fourth-order valence-electron chi connectivity index (χ4n) is 1.64. The quantitative estimate of drug-likeness (QED) is 0.708. The minimum Gasteiger partial charge on any atom is -0.497 e. The highest BCUT2D eigenvalue weighted by molar-refractivity contribution is 5.27. The Kier molecular flexibility index (Phi) is 5.47. The number of ether oxygens (including phenoxy) is 3. The van der Waals surface area contributed by atoms with Crippen molar-refractivity contribution in [3.8, 4) is 11.8 Å². The fourth-order valence-corrected chi connectivity index (χ4v) is 1.64. The first-order chi connectivity index (χ1) is 8.24. The zero-order valence-corrected chi connectivity index (χ0v) is 10.3. The van der Waals surface area contributed by atoms with E-state index in [0.29, 0.717) is 6.42 Å². The summed E-state index contributed by atoms with van der Waals surface area (Å²) in [7, 11) is 4.69. The van der Waals surface area contributed by atoms with E-state index in [-0.39, 0.29) is 5.92 Å². The Morgan fingerprint density at radius 1 is 1.12 bits per heavy atom. The van der Waals surface area contributed by atoms with Gasteiger partial charge in [0.15, 0.2) is 6.29 Å². The average Bonchev–Trinajstić information content (AvgIpc) is 2.39. The van der Waals surface area contributed by atoms with Crippen LogP contribution >= 0.6 is 0 Å². The zero-order valence-electron chi connectivity index (χ0n) is 10.3. The molecule has 0 aromatic heterocycles. The van der Waals surface area contributed by atoms with Crippen LogP contribution in [0, 0.1) is 17.2 Å². The third-order valence-electron chi connectivity index (χ3n) is 2.57. The first-order valence-corrected chi connectivity index (χ1v) is 5.33. The maximum absolute atomic E-state index is 9.09. The van der Waals surface area contributed by atoms with Gasteiger partial charge in [0.05, 0.1) is 13.2 Å². The van der Waals surface area contributed by atoms with Crippen LogP contribution in [-0.2, 0) is 15.9 Å². The van der Waals surface area contributed by atoms with Crippen molar-refractivity contribution in [1.29, 1.82) is 5.26 Å². The van der Waals surface area contributed by atoms with Crippen LogP contribution in [0.3, 0.4) is 0 Å². The summed E-state index contributed by atoms with van der Waals surface area (Å²) in [6, 6.07) is 9.82. The van der Waals surface area contributed by atoms with Gasteiger partial charge in [0.1, 0.15) is 11.7 Å². The molecule has 1 rings (SSSR count). The van der Waals surface area contributed by atoms with Gasteiger partial charge in [0.2, 0.25) is 0 Å². The van der Waals surface area contributed by atoms with Gasteiger partial charge >= 0.3 is 0 Å². The van der Waals surface area contributed by atoms with Crippen molar-refractivity contribution in [1.82, 2.24) is 0 Å². The molecule has 0 fully saturated rings. The fraction of sp³-hybridized carbons (Fsp3) is 0.462. The van der Waals surface area contributed by atoms with Crippen LogP contribution in [0.5, 0.6) is 5.75 Å². The van der Waals surface area contributed by atoms with Crippen molar-refractivity contribution in [3.05, 3.63) is 29.8 Å². The lowest BCUT2D eigenvalue weighted by atomic mass is 10.00. The van der Waals surface area contributed by atoms with E-state index >= 15 is 0 Å². The largest absolute Gasteiger partial charge is 0.497 e. The normalized spacial score (nSPS) is 12.2. The van der Waals surface area contributed by atoms with Gasteiger partial charge in [-0.25, -0.2) is 0 Å². The topological polar surface area (TPSA) is 51.5 Å². The van der Waals surface area contributed by atoms with Gasteiger partial charge in [-0.1, -0.05) is 12.1 Å². The summed E-state index contributed by atoms with van der Waals surface area (Å²) in [5.41, 5.74) is 1.05. The van der Waals surface area contributed by atoms with E-state index in [9.17, 15) is 0 Å². The van der Waals surface area contributed by atoms with Gasteiger partial charge in [-0.05, 0) is 24.1 Å². The van der Waals surface area contributed by atoms with E-state index in [0.717, 1.165) is 11.3 Å². The highest BCUT2D eigenvalue weighted by Gasteiger charge is 2.20. The lowest BCUT2D eigenvalue weighted by molar-refractivity contribution is -0.124. The predicted octanol–water partition coefficient (Wildman–Crippen LogP) is 2.00. The van der Waals surface area contributed by atoms with Crippen LogP contribution < -0.4 is 4.74 Å². The Labute approximate surface area is 102 Å². The number of hydrogen-bond donors (Lipinski definition) is 0. The third-order valence-corrected chi connectivity index (χ3v) is 2.57. The van der Waals surface area contributed by atoms with Crippen LogP contribution in [0.25, 0.3) is 0 Å². The molecule has 0 bridgehead atoms. The van der Waals surface area contributed by atoms with E-state index in [1.54, 1.807) is 7.11 Å². The minimum atomic E-state index is -0.498. The lowest BCUT2D eigenvalue weighted by Gasteiger charge is -2.18. The first-order valence-electron chi connectivity index (χ1n) is 5.33. The highest BCUT2D eigenvalue weighted by Crippen LogP contribution is 2.17. The SMILES string of the molecule is COc1ccc(C[C@@H](C#N)C(OC)OC)cc1. The molecule has 0 unspecified atom stereocenters. The van der Waals surface area contributed by atoms with Crippen molar-refractivity contribution in [2.24, 2.45) is 5.92 Å². The monoisotopic (exact) mass is 235 g/mol. The molecule has 92 valence electrons. The first kappa shape index (κ1) is 13.5. The molecule has 1 aromatic rings. The summed E-state index contributed by atoms with van der Waals surface area (Å²) in [6.45, 7) is 0. The smallest absolute Gasteiger partial charge is 0.172 e. The Balaban J connectivity index is 2.70. The van der Waals surface area contributed by atoms with Crippen LogP contribution in [0.2, 0.25) is 0 Å². The van der Waals surface area contributed by atoms with E-state index in [1.165, 1.54) is 14.2 Å². The Morgan fingerprint density at radius 3 is 2.12 bits per heavy atom. The number of hydrogen-bond acceptors (Lipinski definition) is 4. The summed E-state index contributed by atoms with van der Waals surface area (Å²) in [6.07, 6.45) is 0.0921. The Hall–Kier alpha value is -1.57. The van der Waals surface area contributed by atoms with E-state index in [4.69, 9.17) is 19.5 Å². The number of benzene rings is 1. The molecule has 0 spiro atoms. The van der Waals surface area contributed by atoms with Gasteiger partial charge in [-0.2, -0.15) is 5.26 Å². The standard InChI is InChI=1S/C13H17NO3/c1-15-12-6-4-10(5-7-12)8-11(9-14)13(16-2)17-3/h4-7,11,13H,8H2,1-3H3/t11-/m0/s1. The van der Waals surface area contributed by atoms with Gasteiger partial charge in [-0.3, -0.25) is 0 Å². The molecular weight excluding hydrogens is 218 g/mol. The molecule has 0 saturated carbocycles. The summed E-state index contributed by atoms with van der Waals surface area (Å²) in [5.74, 6) is 0.482. The molecule has 4 nitrogen and oxygen atoms in total. The van der Waals surface area contributed by atoms with Gasteiger partial charge < -0.3 is 14.2 Å². The molecule has 0 radical (unpaired) electrons. The van der Waals surface area contributed by atoms with Crippen LogP contribution in [0.4, 0.5) is 0 Å². The molecule has 0 aliphatic carbocycles. The second kappa shape index (κ2) is 6.89. The van der Waals surface area contributed by atoms with Crippen LogP contribution in [0.15, 0.2) is 24.3 Å². The van der Waals surface area contributed by atoms with Crippen LogP contribution in [0.1, 0.15) is 5.56 Å². The molecule has 0 aliphatic heterocycles. The zero-order chi connectivity index (χ0) is 12.7. The Bertz CT molecular complexity index is 365. The predicted molar refractivity (Wildman–Crippen MR) is 63.6 cm³/mol. The number of methoxy groups -OCH3 is 3. The average molecular weight is 235 g/mol. The van der Waals surface area contributed by atoms with Gasteiger partial charge in [0, 0.05) is 14.2 Å². The second-order valence-corrected chi connectivity index (χ2v) is 3.63. The molecule has 17 heavy (non-hydrogen) atoms. The third kappa shape index (κ3) is 3.74. The molecule has 0 saturated heterocycles. The molecule has 0 amide bonds.